The van der Waals surface area contributed by atoms with E-state index in [1.165, 1.54) is 55.5 Å². The van der Waals surface area contributed by atoms with Gasteiger partial charge in [0.2, 0.25) is 11.8 Å². The van der Waals surface area contributed by atoms with E-state index >= 15 is 0 Å². The SMILES string of the molecule is CNC(=O)C(Cc1ccccc1)N(Cc1cccc(Cl)c1)C(=O)CN(c1ccc(F)cc1)S(=O)(=O)c1ccc(OC)cc1. The van der Waals surface area contributed by atoms with Gasteiger partial charge in [0.1, 0.15) is 24.2 Å². The van der Waals surface area contributed by atoms with Crippen LogP contribution in [-0.4, -0.2) is 51.9 Å². The molecule has 11 heteroatoms. The number of likely N-dealkylation sites (N-methyl/N-ethyl adjacent to an activating group) is 1. The van der Waals surface area contributed by atoms with Gasteiger partial charge in [0.15, 0.2) is 0 Å². The topological polar surface area (TPSA) is 96.0 Å². The van der Waals surface area contributed by atoms with Crippen LogP contribution < -0.4 is 14.4 Å². The quantitative estimate of drug-likeness (QED) is 0.238. The number of halogens is 2. The monoisotopic (exact) mass is 623 g/mol. The molecule has 4 aromatic carbocycles. The van der Waals surface area contributed by atoms with Crippen molar-refractivity contribution in [1.82, 2.24) is 10.2 Å². The van der Waals surface area contributed by atoms with Gasteiger partial charge in [-0.25, -0.2) is 12.8 Å². The number of hydrogen-bond donors (Lipinski definition) is 1. The van der Waals surface area contributed by atoms with Crippen LogP contribution in [0.1, 0.15) is 11.1 Å². The molecule has 0 fully saturated rings. The number of benzene rings is 4. The Kier molecular flexibility index (Phi) is 10.4. The molecule has 0 heterocycles. The summed E-state index contributed by atoms with van der Waals surface area (Å²) in [4.78, 5) is 28.7. The summed E-state index contributed by atoms with van der Waals surface area (Å²) in [6, 6.07) is 25.6. The summed E-state index contributed by atoms with van der Waals surface area (Å²) in [7, 11) is -1.39. The highest BCUT2D eigenvalue weighted by Gasteiger charge is 2.34. The number of amides is 2. The number of nitrogens with zero attached hydrogens (tertiary/aromatic N) is 2. The van der Waals surface area contributed by atoms with Crippen LogP contribution in [0.4, 0.5) is 10.1 Å². The van der Waals surface area contributed by atoms with Crippen LogP contribution in [0.3, 0.4) is 0 Å². The van der Waals surface area contributed by atoms with Gasteiger partial charge in [-0.2, -0.15) is 0 Å². The third kappa shape index (κ3) is 7.91. The number of anilines is 1. The van der Waals surface area contributed by atoms with Crippen molar-refractivity contribution in [2.75, 3.05) is 25.0 Å². The van der Waals surface area contributed by atoms with Gasteiger partial charge in [0, 0.05) is 25.0 Å². The highest BCUT2D eigenvalue weighted by Crippen LogP contribution is 2.27. The number of hydrogen-bond acceptors (Lipinski definition) is 5. The van der Waals surface area contributed by atoms with Gasteiger partial charge in [0.25, 0.3) is 10.0 Å². The molecule has 1 unspecified atom stereocenters. The van der Waals surface area contributed by atoms with Gasteiger partial charge in [-0.3, -0.25) is 13.9 Å². The maximum absolute atomic E-state index is 14.2. The molecule has 1 atom stereocenters. The van der Waals surface area contributed by atoms with Gasteiger partial charge >= 0.3 is 0 Å². The molecular formula is C32H31ClFN3O5S. The Balaban J connectivity index is 1.78. The fraction of sp³-hybridized carbons (Fsp3) is 0.188. The van der Waals surface area contributed by atoms with Crippen LogP contribution in [0.15, 0.2) is 108 Å². The van der Waals surface area contributed by atoms with E-state index in [0.717, 1.165) is 22.0 Å². The maximum Gasteiger partial charge on any atom is 0.264 e. The first-order valence-electron chi connectivity index (χ1n) is 13.3. The minimum absolute atomic E-state index is 0.0237. The highest BCUT2D eigenvalue weighted by atomic mass is 35.5. The molecule has 0 aliphatic heterocycles. The standard InChI is InChI=1S/C32H31ClFN3O5S/c1-35-32(39)30(20-23-7-4-3-5-8-23)36(21-24-9-6-10-25(33)19-24)31(38)22-37(27-13-11-26(34)12-14-27)43(40,41)29-17-15-28(42-2)16-18-29/h3-19,30H,20-22H2,1-2H3,(H,35,39). The molecule has 0 aliphatic carbocycles. The van der Waals surface area contributed by atoms with Crippen molar-refractivity contribution in [1.29, 1.82) is 0 Å². The van der Waals surface area contributed by atoms with Gasteiger partial charge < -0.3 is 15.0 Å². The van der Waals surface area contributed by atoms with Crippen LogP contribution >= 0.6 is 11.6 Å². The van der Waals surface area contributed by atoms with Crippen molar-refractivity contribution in [3.63, 3.8) is 0 Å². The second-order valence-electron chi connectivity index (χ2n) is 9.63. The lowest BCUT2D eigenvalue weighted by Gasteiger charge is -2.33. The molecule has 1 N–H and O–H groups in total. The molecule has 0 aromatic heterocycles. The number of rotatable bonds is 12. The molecule has 0 aliphatic rings. The minimum Gasteiger partial charge on any atom is -0.497 e. The van der Waals surface area contributed by atoms with Gasteiger partial charge in [-0.1, -0.05) is 54.1 Å². The molecule has 0 saturated heterocycles. The highest BCUT2D eigenvalue weighted by molar-refractivity contribution is 7.92. The lowest BCUT2D eigenvalue weighted by molar-refractivity contribution is -0.139. The molecule has 0 bridgehead atoms. The largest absolute Gasteiger partial charge is 0.497 e. The van der Waals surface area contributed by atoms with E-state index < -0.39 is 40.2 Å². The first kappa shape index (κ1) is 31.5. The third-order valence-electron chi connectivity index (χ3n) is 6.80. The molecule has 2 amide bonds. The molecule has 0 spiro atoms. The Morgan fingerprint density at radius 1 is 0.907 bits per heavy atom. The van der Waals surface area contributed by atoms with Crippen LogP contribution in [0.5, 0.6) is 5.75 Å². The summed E-state index contributed by atoms with van der Waals surface area (Å²) >= 11 is 6.22. The zero-order valence-corrected chi connectivity index (χ0v) is 25.2. The van der Waals surface area contributed by atoms with Crippen LogP contribution in [0.25, 0.3) is 0 Å². The molecule has 4 aromatic rings. The van der Waals surface area contributed by atoms with Crippen molar-refractivity contribution >= 4 is 39.1 Å². The Labute approximate surface area is 255 Å². The third-order valence-corrected chi connectivity index (χ3v) is 8.82. The fourth-order valence-corrected chi connectivity index (χ4v) is 6.19. The molecule has 0 radical (unpaired) electrons. The van der Waals surface area contributed by atoms with E-state index in [-0.39, 0.29) is 23.5 Å². The van der Waals surface area contributed by atoms with Crippen LogP contribution in [0.2, 0.25) is 5.02 Å². The maximum atomic E-state index is 14.2. The summed E-state index contributed by atoms with van der Waals surface area (Å²) in [5, 5.41) is 3.08. The van der Waals surface area contributed by atoms with Gasteiger partial charge in [0.05, 0.1) is 17.7 Å². The second kappa shape index (κ2) is 14.2. The summed E-state index contributed by atoms with van der Waals surface area (Å²) in [6.07, 6.45) is 0.175. The van der Waals surface area contributed by atoms with E-state index in [0.29, 0.717) is 16.3 Å². The van der Waals surface area contributed by atoms with Gasteiger partial charge in [-0.15, -0.1) is 0 Å². The number of sulfonamides is 1. The summed E-state index contributed by atoms with van der Waals surface area (Å²) in [5.41, 5.74) is 1.53. The van der Waals surface area contributed by atoms with Crippen LogP contribution in [0, 0.1) is 5.82 Å². The summed E-state index contributed by atoms with van der Waals surface area (Å²) < 4.78 is 47.8. The van der Waals surface area contributed by atoms with E-state index in [1.54, 1.807) is 24.3 Å². The number of methoxy groups -OCH3 is 1. The lowest BCUT2D eigenvalue weighted by atomic mass is 10.0. The zero-order chi connectivity index (χ0) is 31.0. The molecule has 224 valence electrons. The predicted molar refractivity (Wildman–Crippen MR) is 164 cm³/mol. The Bertz CT molecular complexity index is 1650. The average Bonchev–Trinajstić information content (AvgIpc) is 3.02. The van der Waals surface area contributed by atoms with Crippen LogP contribution in [-0.2, 0) is 32.6 Å². The average molecular weight is 624 g/mol. The first-order valence-corrected chi connectivity index (χ1v) is 15.2. The molecule has 0 saturated carbocycles. The Hall–Kier alpha value is -4.41. The van der Waals surface area contributed by atoms with E-state index in [2.05, 4.69) is 5.32 Å². The second-order valence-corrected chi connectivity index (χ2v) is 11.9. The van der Waals surface area contributed by atoms with Gasteiger partial charge in [-0.05, 0) is 71.8 Å². The van der Waals surface area contributed by atoms with Crippen molar-refractivity contribution in [2.24, 2.45) is 0 Å². The van der Waals surface area contributed by atoms with E-state index in [4.69, 9.17) is 16.3 Å². The number of carbonyl (C=O) groups is 2. The van der Waals surface area contributed by atoms with Crippen molar-refractivity contribution in [2.45, 2.75) is 23.9 Å². The summed E-state index contributed by atoms with van der Waals surface area (Å²) in [6.45, 7) is -0.688. The zero-order valence-electron chi connectivity index (χ0n) is 23.6. The molecule has 4 rings (SSSR count). The van der Waals surface area contributed by atoms with Crippen molar-refractivity contribution < 1.29 is 27.1 Å². The normalized spacial score (nSPS) is 11.8. The summed E-state index contributed by atoms with van der Waals surface area (Å²) in [5.74, 6) is -1.19. The fourth-order valence-electron chi connectivity index (χ4n) is 4.56. The van der Waals surface area contributed by atoms with E-state index in [1.807, 2.05) is 30.3 Å². The molecular weight excluding hydrogens is 593 g/mol. The lowest BCUT2D eigenvalue weighted by Crippen LogP contribution is -2.53. The minimum atomic E-state index is -4.32. The molecule has 43 heavy (non-hydrogen) atoms. The predicted octanol–water partition coefficient (Wildman–Crippen LogP) is 5.07. The number of carbonyl (C=O) groups excluding carboxylic acids is 2. The van der Waals surface area contributed by atoms with Crippen molar-refractivity contribution in [3.05, 3.63) is 125 Å². The molecule has 8 nitrogen and oxygen atoms in total. The smallest absolute Gasteiger partial charge is 0.264 e. The Morgan fingerprint density at radius 2 is 1.56 bits per heavy atom. The number of ether oxygens (including phenoxy) is 1. The Morgan fingerprint density at radius 3 is 2.16 bits per heavy atom. The first-order chi connectivity index (χ1) is 20.6. The number of nitrogens with one attached hydrogen (secondary N) is 1. The van der Waals surface area contributed by atoms with Crippen molar-refractivity contribution in [3.8, 4) is 5.75 Å². The van der Waals surface area contributed by atoms with E-state index in [9.17, 15) is 22.4 Å².